The third-order valence-corrected chi connectivity index (χ3v) is 3.78. The third-order valence-electron chi connectivity index (χ3n) is 3.78. The summed E-state index contributed by atoms with van der Waals surface area (Å²) in [5, 5.41) is 0. The minimum absolute atomic E-state index is 0.112. The molecular weight excluding hydrogens is 276 g/mol. The van der Waals surface area contributed by atoms with Gasteiger partial charge in [-0.3, -0.25) is 0 Å². The number of nitrogens with zero attached hydrogens (tertiary/aromatic N) is 3. The Hall–Kier alpha value is -2.40. The Balaban J connectivity index is 2.27. The highest BCUT2D eigenvalue weighted by molar-refractivity contribution is 5.78. The number of aryl methyl sites for hydroxylation is 1. The van der Waals surface area contributed by atoms with Crippen LogP contribution in [0.25, 0.3) is 22.6 Å². The van der Waals surface area contributed by atoms with Gasteiger partial charge < -0.3 is 15.0 Å². The zero-order valence-electron chi connectivity index (χ0n) is 13.1. The van der Waals surface area contributed by atoms with Crippen molar-refractivity contribution in [1.82, 2.24) is 14.5 Å². The number of pyridine rings is 1. The van der Waals surface area contributed by atoms with Gasteiger partial charge in [-0.05, 0) is 37.6 Å². The summed E-state index contributed by atoms with van der Waals surface area (Å²) >= 11 is 0. The summed E-state index contributed by atoms with van der Waals surface area (Å²) in [5.74, 6) is 1.67. The van der Waals surface area contributed by atoms with Crippen molar-refractivity contribution in [3.05, 3.63) is 42.1 Å². The lowest BCUT2D eigenvalue weighted by molar-refractivity contribution is 0.415. The molecule has 0 amide bonds. The van der Waals surface area contributed by atoms with Crippen molar-refractivity contribution in [3.63, 3.8) is 0 Å². The molecule has 5 heteroatoms. The van der Waals surface area contributed by atoms with Crippen LogP contribution in [0.5, 0.6) is 5.75 Å². The fourth-order valence-corrected chi connectivity index (χ4v) is 2.57. The summed E-state index contributed by atoms with van der Waals surface area (Å²) in [5.41, 5.74) is 9.72. The van der Waals surface area contributed by atoms with Crippen LogP contribution in [0.1, 0.15) is 18.5 Å². The van der Waals surface area contributed by atoms with Gasteiger partial charge in [0.25, 0.3) is 0 Å². The van der Waals surface area contributed by atoms with Crippen LogP contribution in [0.2, 0.25) is 0 Å². The van der Waals surface area contributed by atoms with E-state index < -0.39 is 0 Å². The molecule has 2 N–H and O–H groups in total. The molecule has 3 aromatic rings. The van der Waals surface area contributed by atoms with E-state index in [2.05, 4.69) is 16.5 Å². The zero-order valence-corrected chi connectivity index (χ0v) is 13.1. The number of hydrogen-bond donors (Lipinski definition) is 1. The van der Waals surface area contributed by atoms with Gasteiger partial charge in [-0.15, -0.1) is 0 Å². The minimum atomic E-state index is 0.112. The Kier molecular flexibility index (Phi) is 3.81. The number of imidazole rings is 1. The highest BCUT2D eigenvalue weighted by Gasteiger charge is 2.18. The first-order chi connectivity index (χ1) is 10.6. The summed E-state index contributed by atoms with van der Waals surface area (Å²) in [6.07, 6.45) is 1.86. The molecule has 3 rings (SSSR count). The first-order valence-electron chi connectivity index (χ1n) is 7.33. The molecule has 1 aromatic carbocycles. The zero-order chi connectivity index (χ0) is 15.7. The topological polar surface area (TPSA) is 66.0 Å². The van der Waals surface area contributed by atoms with Crippen LogP contribution in [0.4, 0.5) is 0 Å². The van der Waals surface area contributed by atoms with E-state index in [-0.39, 0.29) is 6.04 Å². The van der Waals surface area contributed by atoms with Crippen LogP contribution in [0, 0.1) is 6.92 Å². The molecule has 0 bridgehead atoms. The standard InChI is InChI=1S/C17H20N4O/c1-11-7-15-17(19-10-11)21(12(2)9-18)16(20-15)13-5-4-6-14(8-13)22-3/h4-8,10,12H,9,18H2,1-3H3. The number of hydrogen-bond acceptors (Lipinski definition) is 4. The van der Waals surface area contributed by atoms with Crippen LogP contribution in [0.15, 0.2) is 36.5 Å². The average molecular weight is 296 g/mol. The Morgan fingerprint density at radius 3 is 2.86 bits per heavy atom. The summed E-state index contributed by atoms with van der Waals surface area (Å²) < 4.78 is 7.42. The summed E-state index contributed by atoms with van der Waals surface area (Å²) in [6, 6.07) is 10.0. The van der Waals surface area contributed by atoms with Crippen LogP contribution >= 0.6 is 0 Å². The van der Waals surface area contributed by atoms with Crippen LogP contribution < -0.4 is 10.5 Å². The lowest BCUT2D eigenvalue weighted by Gasteiger charge is -2.15. The van der Waals surface area contributed by atoms with Gasteiger partial charge in [-0.2, -0.15) is 0 Å². The van der Waals surface area contributed by atoms with E-state index in [1.807, 2.05) is 43.5 Å². The Morgan fingerprint density at radius 1 is 1.32 bits per heavy atom. The molecular formula is C17H20N4O. The van der Waals surface area contributed by atoms with E-state index in [1.54, 1.807) is 7.11 Å². The molecule has 0 fully saturated rings. The van der Waals surface area contributed by atoms with Gasteiger partial charge in [0, 0.05) is 24.3 Å². The van der Waals surface area contributed by atoms with Crippen molar-refractivity contribution < 1.29 is 4.74 Å². The van der Waals surface area contributed by atoms with Crippen molar-refractivity contribution in [3.8, 4) is 17.1 Å². The predicted molar refractivity (Wildman–Crippen MR) is 88.0 cm³/mol. The second kappa shape index (κ2) is 5.77. The molecule has 0 radical (unpaired) electrons. The summed E-state index contributed by atoms with van der Waals surface area (Å²) in [4.78, 5) is 9.33. The van der Waals surface area contributed by atoms with Crippen molar-refractivity contribution in [2.45, 2.75) is 19.9 Å². The molecule has 2 aromatic heterocycles. The van der Waals surface area contributed by atoms with E-state index in [0.717, 1.165) is 33.9 Å². The van der Waals surface area contributed by atoms with E-state index in [4.69, 9.17) is 15.5 Å². The largest absolute Gasteiger partial charge is 0.497 e. The Bertz CT molecular complexity index is 810. The Labute approximate surface area is 129 Å². The molecule has 1 unspecified atom stereocenters. The molecule has 2 heterocycles. The van der Waals surface area contributed by atoms with Gasteiger partial charge in [0.05, 0.1) is 7.11 Å². The molecule has 22 heavy (non-hydrogen) atoms. The fourth-order valence-electron chi connectivity index (χ4n) is 2.57. The van der Waals surface area contributed by atoms with Crippen molar-refractivity contribution in [2.75, 3.05) is 13.7 Å². The number of aromatic nitrogens is 3. The quantitative estimate of drug-likeness (QED) is 0.804. The fraction of sp³-hybridized carbons (Fsp3) is 0.294. The maximum atomic E-state index is 5.89. The number of nitrogens with two attached hydrogens (primary N) is 1. The van der Waals surface area contributed by atoms with Crippen molar-refractivity contribution in [2.24, 2.45) is 5.73 Å². The maximum absolute atomic E-state index is 5.89. The van der Waals surface area contributed by atoms with Gasteiger partial charge in [-0.25, -0.2) is 9.97 Å². The molecule has 1 atom stereocenters. The number of fused-ring (bicyclic) bond motifs is 1. The lowest BCUT2D eigenvalue weighted by atomic mass is 10.2. The van der Waals surface area contributed by atoms with E-state index in [1.165, 1.54) is 0 Å². The molecule has 0 aliphatic heterocycles. The van der Waals surface area contributed by atoms with Gasteiger partial charge >= 0.3 is 0 Å². The molecule has 5 nitrogen and oxygen atoms in total. The van der Waals surface area contributed by atoms with Crippen LogP contribution in [-0.4, -0.2) is 28.2 Å². The normalized spacial score (nSPS) is 12.5. The first kappa shape index (κ1) is 14.5. The van der Waals surface area contributed by atoms with Crippen LogP contribution in [-0.2, 0) is 0 Å². The minimum Gasteiger partial charge on any atom is -0.497 e. The predicted octanol–water partition coefficient (Wildman–Crippen LogP) is 2.94. The molecule has 114 valence electrons. The number of rotatable bonds is 4. The highest BCUT2D eigenvalue weighted by Crippen LogP contribution is 2.29. The molecule has 0 aliphatic rings. The summed E-state index contributed by atoms with van der Waals surface area (Å²) in [7, 11) is 1.66. The maximum Gasteiger partial charge on any atom is 0.160 e. The second-order valence-corrected chi connectivity index (χ2v) is 5.48. The third kappa shape index (κ3) is 2.44. The van der Waals surface area contributed by atoms with Crippen molar-refractivity contribution >= 4 is 11.2 Å². The Morgan fingerprint density at radius 2 is 2.14 bits per heavy atom. The SMILES string of the molecule is COc1cccc(-c2nc3cc(C)cnc3n2C(C)CN)c1. The molecule has 0 saturated carbocycles. The van der Waals surface area contributed by atoms with Crippen molar-refractivity contribution in [1.29, 1.82) is 0 Å². The number of methoxy groups -OCH3 is 1. The average Bonchev–Trinajstić information content (AvgIpc) is 2.92. The number of benzene rings is 1. The number of ether oxygens (including phenoxy) is 1. The lowest BCUT2D eigenvalue weighted by Crippen LogP contribution is -2.17. The van der Waals surface area contributed by atoms with E-state index in [0.29, 0.717) is 6.54 Å². The van der Waals surface area contributed by atoms with E-state index in [9.17, 15) is 0 Å². The summed E-state index contributed by atoms with van der Waals surface area (Å²) in [6.45, 7) is 4.62. The smallest absolute Gasteiger partial charge is 0.160 e. The first-order valence-corrected chi connectivity index (χ1v) is 7.33. The van der Waals surface area contributed by atoms with Gasteiger partial charge in [0.1, 0.15) is 17.1 Å². The van der Waals surface area contributed by atoms with Gasteiger partial charge in [0.15, 0.2) is 5.65 Å². The monoisotopic (exact) mass is 296 g/mol. The molecule has 0 saturated heterocycles. The highest BCUT2D eigenvalue weighted by atomic mass is 16.5. The van der Waals surface area contributed by atoms with E-state index >= 15 is 0 Å². The second-order valence-electron chi connectivity index (χ2n) is 5.48. The molecule has 0 aliphatic carbocycles. The van der Waals surface area contributed by atoms with Gasteiger partial charge in [0.2, 0.25) is 0 Å². The van der Waals surface area contributed by atoms with Gasteiger partial charge in [-0.1, -0.05) is 12.1 Å². The van der Waals surface area contributed by atoms with Crippen LogP contribution in [0.3, 0.4) is 0 Å². The molecule has 0 spiro atoms.